The molecule has 17 heavy (non-hydrogen) atoms. The molecule has 92 valence electrons. The first kappa shape index (κ1) is 12.0. The number of alkyl halides is 3. The number of rotatable bonds is 3. The van der Waals surface area contributed by atoms with Crippen molar-refractivity contribution in [3.05, 3.63) is 41.6 Å². The zero-order valence-corrected chi connectivity index (χ0v) is 9.37. The highest BCUT2D eigenvalue weighted by Gasteiger charge is 2.26. The van der Waals surface area contributed by atoms with Crippen molar-refractivity contribution in [2.75, 3.05) is 6.54 Å². The highest BCUT2D eigenvalue weighted by Crippen LogP contribution is 2.23. The summed E-state index contributed by atoms with van der Waals surface area (Å²) in [5.74, 6) is 0. The maximum atomic E-state index is 12.0. The van der Waals surface area contributed by atoms with E-state index >= 15 is 0 Å². The van der Waals surface area contributed by atoms with E-state index < -0.39 is 12.6 Å². The number of halogens is 3. The predicted octanol–water partition coefficient (Wildman–Crippen LogP) is 3.82. The van der Waals surface area contributed by atoms with Gasteiger partial charge in [-0.25, -0.2) is 0 Å². The lowest BCUT2D eigenvalue weighted by Crippen LogP contribution is -2.22. The summed E-state index contributed by atoms with van der Waals surface area (Å²) in [7, 11) is 0. The summed E-state index contributed by atoms with van der Waals surface area (Å²) in [5, 5.41) is 0. The summed E-state index contributed by atoms with van der Waals surface area (Å²) in [5.41, 5.74) is 2.32. The first-order valence-corrected chi connectivity index (χ1v) is 5.61. The molecule has 0 bridgehead atoms. The number of fused-ring (bicyclic) bond motifs is 1. The lowest BCUT2D eigenvalue weighted by molar-refractivity contribution is -0.135. The van der Waals surface area contributed by atoms with Crippen LogP contribution in [0.4, 0.5) is 13.2 Å². The van der Waals surface area contributed by atoms with E-state index in [-0.39, 0.29) is 6.42 Å². The summed E-state index contributed by atoms with van der Waals surface area (Å²) < 4.78 is 36.0. The quantitative estimate of drug-likeness (QED) is 0.777. The van der Waals surface area contributed by atoms with Gasteiger partial charge in [0.25, 0.3) is 0 Å². The minimum absolute atomic E-state index is 0.149. The number of benzene rings is 1. The van der Waals surface area contributed by atoms with Crippen LogP contribution in [0.25, 0.3) is 6.08 Å². The third kappa shape index (κ3) is 3.51. The summed E-state index contributed by atoms with van der Waals surface area (Å²) in [4.78, 5) is 1.92. The van der Waals surface area contributed by atoms with Crippen molar-refractivity contribution < 1.29 is 13.2 Å². The first-order chi connectivity index (χ1) is 8.04. The molecular weight excluding hydrogens is 227 g/mol. The second-order valence-corrected chi connectivity index (χ2v) is 4.20. The summed E-state index contributed by atoms with van der Waals surface area (Å²) in [6.07, 6.45) is -0.780. The second kappa shape index (κ2) is 4.82. The third-order valence-corrected chi connectivity index (χ3v) is 2.80. The molecule has 1 aromatic rings. The van der Waals surface area contributed by atoms with Gasteiger partial charge in [0.05, 0.1) is 0 Å². The second-order valence-electron chi connectivity index (χ2n) is 4.20. The monoisotopic (exact) mass is 241 g/mol. The van der Waals surface area contributed by atoms with E-state index in [1.54, 1.807) is 0 Å². The molecule has 0 N–H and O–H groups in total. The van der Waals surface area contributed by atoms with Gasteiger partial charge in [-0.05, 0) is 29.8 Å². The molecule has 0 amide bonds. The molecule has 1 nitrogen and oxygen atoms in total. The standard InChI is InChI=1S/C13H14F3N/c14-13(15,16)7-3-8-17-9-6-11-4-1-2-5-12(11)10-17/h1-2,4-6,9H,3,7-8,10H2. The molecule has 1 aliphatic rings. The number of hydrogen-bond donors (Lipinski definition) is 0. The van der Waals surface area contributed by atoms with Gasteiger partial charge in [0.1, 0.15) is 0 Å². The molecule has 0 aromatic heterocycles. The highest BCUT2D eigenvalue weighted by atomic mass is 19.4. The van der Waals surface area contributed by atoms with E-state index in [0.717, 1.165) is 5.56 Å². The van der Waals surface area contributed by atoms with E-state index in [2.05, 4.69) is 0 Å². The van der Waals surface area contributed by atoms with E-state index in [9.17, 15) is 13.2 Å². The lowest BCUT2D eigenvalue weighted by atomic mass is 10.0. The summed E-state index contributed by atoms with van der Waals surface area (Å²) >= 11 is 0. The Morgan fingerprint density at radius 3 is 2.71 bits per heavy atom. The van der Waals surface area contributed by atoms with Gasteiger partial charge in [-0.2, -0.15) is 13.2 Å². The summed E-state index contributed by atoms with van der Waals surface area (Å²) in [6, 6.07) is 7.93. The van der Waals surface area contributed by atoms with Crippen molar-refractivity contribution in [1.82, 2.24) is 4.90 Å². The van der Waals surface area contributed by atoms with Crippen LogP contribution in [-0.4, -0.2) is 17.6 Å². The Labute approximate surface area is 98.5 Å². The Morgan fingerprint density at radius 1 is 1.18 bits per heavy atom. The zero-order chi connectivity index (χ0) is 12.3. The van der Waals surface area contributed by atoms with Crippen molar-refractivity contribution in [3.63, 3.8) is 0 Å². The van der Waals surface area contributed by atoms with Crippen LogP contribution in [0.5, 0.6) is 0 Å². The molecule has 0 saturated carbocycles. The topological polar surface area (TPSA) is 3.24 Å². The van der Waals surface area contributed by atoms with Crippen LogP contribution in [0.1, 0.15) is 24.0 Å². The Balaban J connectivity index is 1.87. The largest absolute Gasteiger partial charge is 0.389 e. The average molecular weight is 241 g/mol. The Hall–Kier alpha value is -1.45. The molecule has 0 saturated heterocycles. The van der Waals surface area contributed by atoms with Gasteiger partial charge in [-0.3, -0.25) is 0 Å². The molecule has 0 fully saturated rings. The average Bonchev–Trinajstić information content (AvgIpc) is 2.27. The van der Waals surface area contributed by atoms with Gasteiger partial charge >= 0.3 is 6.18 Å². The molecule has 2 rings (SSSR count). The Kier molecular flexibility index (Phi) is 3.41. The van der Waals surface area contributed by atoms with E-state index in [1.807, 2.05) is 41.4 Å². The van der Waals surface area contributed by atoms with Crippen LogP contribution in [0.15, 0.2) is 30.5 Å². The first-order valence-electron chi connectivity index (χ1n) is 5.61. The van der Waals surface area contributed by atoms with Gasteiger partial charge in [-0.1, -0.05) is 24.3 Å². The molecule has 0 radical (unpaired) electrons. The van der Waals surface area contributed by atoms with Crippen molar-refractivity contribution in [2.45, 2.75) is 25.6 Å². The predicted molar refractivity (Wildman–Crippen MR) is 61.2 cm³/mol. The van der Waals surface area contributed by atoms with Crippen molar-refractivity contribution >= 4 is 6.08 Å². The minimum Gasteiger partial charge on any atom is -0.373 e. The van der Waals surface area contributed by atoms with Crippen LogP contribution < -0.4 is 0 Å². The fraction of sp³-hybridized carbons (Fsp3) is 0.385. The van der Waals surface area contributed by atoms with Crippen molar-refractivity contribution in [3.8, 4) is 0 Å². The molecular formula is C13H14F3N. The molecule has 0 aliphatic carbocycles. The molecule has 0 spiro atoms. The Morgan fingerprint density at radius 2 is 1.94 bits per heavy atom. The molecule has 1 aromatic carbocycles. The SMILES string of the molecule is FC(F)(F)CCCN1C=Cc2ccccc2C1. The molecule has 1 heterocycles. The van der Waals surface area contributed by atoms with Gasteiger partial charge in [-0.15, -0.1) is 0 Å². The zero-order valence-electron chi connectivity index (χ0n) is 9.37. The third-order valence-electron chi connectivity index (χ3n) is 2.80. The fourth-order valence-electron chi connectivity index (χ4n) is 1.93. The highest BCUT2D eigenvalue weighted by molar-refractivity contribution is 5.55. The van der Waals surface area contributed by atoms with Crippen molar-refractivity contribution in [2.24, 2.45) is 0 Å². The van der Waals surface area contributed by atoms with Gasteiger partial charge in [0.2, 0.25) is 0 Å². The molecule has 0 atom stereocenters. The van der Waals surface area contributed by atoms with Crippen LogP contribution in [0.3, 0.4) is 0 Å². The van der Waals surface area contributed by atoms with Crippen LogP contribution in [-0.2, 0) is 6.54 Å². The van der Waals surface area contributed by atoms with Gasteiger partial charge < -0.3 is 4.90 Å². The van der Waals surface area contributed by atoms with Crippen LogP contribution in [0.2, 0.25) is 0 Å². The maximum absolute atomic E-state index is 12.0. The lowest BCUT2D eigenvalue weighted by Gasteiger charge is -2.25. The number of hydrogen-bond acceptors (Lipinski definition) is 1. The fourth-order valence-corrected chi connectivity index (χ4v) is 1.93. The normalized spacial score (nSPS) is 14.9. The van der Waals surface area contributed by atoms with Gasteiger partial charge in [0, 0.05) is 19.5 Å². The minimum atomic E-state index is -4.04. The van der Waals surface area contributed by atoms with E-state index in [1.165, 1.54) is 5.56 Å². The molecule has 1 aliphatic heterocycles. The van der Waals surface area contributed by atoms with Crippen LogP contribution in [0, 0.1) is 0 Å². The Bertz CT molecular complexity index is 409. The van der Waals surface area contributed by atoms with E-state index in [0.29, 0.717) is 13.1 Å². The maximum Gasteiger partial charge on any atom is 0.389 e. The molecule has 4 heteroatoms. The van der Waals surface area contributed by atoms with Crippen molar-refractivity contribution in [1.29, 1.82) is 0 Å². The van der Waals surface area contributed by atoms with Crippen LogP contribution >= 0.6 is 0 Å². The summed E-state index contributed by atoms with van der Waals surface area (Å²) in [6.45, 7) is 1.15. The van der Waals surface area contributed by atoms with Gasteiger partial charge in [0.15, 0.2) is 0 Å². The van der Waals surface area contributed by atoms with E-state index in [4.69, 9.17) is 0 Å². The number of nitrogens with zero attached hydrogens (tertiary/aromatic N) is 1. The molecule has 0 unspecified atom stereocenters. The smallest absolute Gasteiger partial charge is 0.373 e.